The minimum absolute atomic E-state index is 0.0440. The minimum atomic E-state index is -1.39. The van der Waals surface area contributed by atoms with Crippen LogP contribution in [0, 0.1) is 0 Å². The van der Waals surface area contributed by atoms with E-state index in [1.54, 1.807) is 0 Å². The topological polar surface area (TPSA) is 72.6 Å². The molecule has 3 N–H and O–H groups in total. The Labute approximate surface area is 52.6 Å². The van der Waals surface area contributed by atoms with Crippen molar-refractivity contribution < 1.29 is 14.6 Å². The molecule has 0 saturated carbocycles. The highest BCUT2D eigenvalue weighted by Gasteiger charge is 2.37. The lowest BCUT2D eigenvalue weighted by Gasteiger charge is -2.13. The van der Waals surface area contributed by atoms with Gasteiger partial charge in [-0.1, -0.05) is 0 Å². The number of aliphatic hydroxyl groups is 1. The molecule has 1 amide bonds. The maximum atomic E-state index is 10.4. The first-order valence-corrected chi connectivity index (χ1v) is 2.75. The lowest BCUT2D eigenvalue weighted by molar-refractivity contribution is -0.136. The lowest BCUT2D eigenvalue weighted by Crippen LogP contribution is -2.44. The van der Waals surface area contributed by atoms with E-state index >= 15 is 0 Å². The van der Waals surface area contributed by atoms with Gasteiger partial charge in [-0.25, -0.2) is 0 Å². The average molecular weight is 131 g/mol. The molecule has 1 heterocycles. The van der Waals surface area contributed by atoms with Crippen LogP contribution >= 0.6 is 0 Å². The predicted octanol–water partition coefficient (Wildman–Crippen LogP) is -1.38. The summed E-state index contributed by atoms with van der Waals surface area (Å²) in [5, 5.41) is 9.17. The van der Waals surface area contributed by atoms with Gasteiger partial charge in [0.25, 0.3) is 5.91 Å². The summed E-state index contributed by atoms with van der Waals surface area (Å²) in [4.78, 5) is 10.4. The fourth-order valence-electron chi connectivity index (χ4n) is 0.749. The van der Waals surface area contributed by atoms with Crippen LogP contribution in [0.4, 0.5) is 0 Å². The number of primary amides is 1. The Bertz CT molecular complexity index is 128. The second kappa shape index (κ2) is 1.97. The first-order valence-electron chi connectivity index (χ1n) is 2.75. The van der Waals surface area contributed by atoms with Crippen LogP contribution in [0.5, 0.6) is 0 Å². The van der Waals surface area contributed by atoms with Crippen molar-refractivity contribution in [2.45, 2.75) is 12.0 Å². The van der Waals surface area contributed by atoms with E-state index in [-0.39, 0.29) is 6.61 Å². The molecule has 0 spiro atoms. The van der Waals surface area contributed by atoms with E-state index in [0.717, 1.165) is 0 Å². The molecule has 0 radical (unpaired) electrons. The normalized spacial score (nSPS) is 34.8. The molecule has 0 bridgehead atoms. The monoisotopic (exact) mass is 131 g/mol. The Morgan fingerprint density at radius 3 is 2.67 bits per heavy atom. The molecule has 1 fully saturated rings. The number of hydrogen-bond acceptors (Lipinski definition) is 3. The predicted molar refractivity (Wildman–Crippen MR) is 29.6 cm³/mol. The third-order valence-corrected chi connectivity index (χ3v) is 1.46. The van der Waals surface area contributed by atoms with Crippen LogP contribution in [-0.2, 0) is 9.53 Å². The molecular weight excluding hydrogens is 122 g/mol. The van der Waals surface area contributed by atoms with Crippen LogP contribution in [0.25, 0.3) is 0 Å². The van der Waals surface area contributed by atoms with Gasteiger partial charge in [-0.15, -0.1) is 0 Å². The molecule has 1 saturated heterocycles. The molecule has 0 aromatic carbocycles. The largest absolute Gasteiger partial charge is 0.378 e. The van der Waals surface area contributed by atoms with E-state index in [0.29, 0.717) is 13.0 Å². The highest BCUT2D eigenvalue weighted by molar-refractivity contribution is 5.83. The first kappa shape index (κ1) is 6.51. The molecule has 4 nitrogen and oxygen atoms in total. The fraction of sp³-hybridized carbons (Fsp3) is 0.800. The molecule has 0 aromatic rings. The Morgan fingerprint density at radius 2 is 2.44 bits per heavy atom. The summed E-state index contributed by atoms with van der Waals surface area (Å²) in [7, 11) is 0. The van der Waals surface area contributed by atoms with E-state index in [1.807, 2.05) is 0 Å². The Morgan fingerprint density at radius 1 is 1.78 bits per heavy atom. The Balaban J connectivity index is 2.61. The molecule has 9 heavy (non-hydrogen) atoms. The number of ether oxygens (including phenoxy) is 1. The van der Waals surface area contributed by atoms with Gasteiger partial charge in [0.1, 0.15) is 0 Å². The molecule has 1 atom stereocenters. The molecule has 52 valence electrons. The maximum absolute atomic E-state index is 10.4. The van der Waals surface area contributed by atoms with Gasteiger partial charge in [0, 0.05) is 6.42 Å². The molecule has 1 rings (SSSR count). The van der Waals surface area contributed by atoms with Crippen molar-refractivity contribution in [1.82, 2.24) is 0 Å². The van der Waals surface area contributed by atoms with Crippen molar-refractivity contribution >= 4 is 5.91 Å². The maximum Gasteiger partial charge on any atom is 0.251 e. The van der Waals surface area contributed by atoms with Gasteiger partial charge in [-0.3, -0.25) is 4.79 Å². The molecular formula is C5H9NO3. The van der Waals surface area contributed by atoms with Gasteiger partial charge in [0.2, 0.25) is 0 Å². The van der Waals surface area contributed by atoms with Crippen molar-refractivity contribution in [3.05, 3.63) is 0 Å². The zero-order chi connectivity index (χ0) is 6.91. The van der Waals surface area contributed by atoms with Crippen molar-refractivity contribution in [3.8, 4) is 0 Å². The number of rotatable bonds is 1. The van der Waals surface area contributed by atoms with Crippen LogP contribution in [0.3, 0.4) is 0 Å². The molecule has 1 aliphatic heterocycles. The fourth-order valence-corrected chi connectivity index (χ4v) is 0.749. The zero-order valence-corrected chi connectivity index (χ0v) is 4.96. The molecule has 0 aliphatic carbocycles. The zero-order valence-electron chi connectivity index (χ0n) is 4.96. The number of hydrogen-bond donors (Lipinski definition) is 2. The summed E-state index contributed by atoms with van der Waals surface area (Å²) in [5.41, 5.74) is 3.47. The molecule has 4 heteroatoms. The van der Waals surface area contributed by atoms with Crippen molar-refractivity contribution in [1.29, 1.82) is 0 Å². The Kier molecular flexibility index (Phi) is 1.42. The van der Waals surface area contributed by atoms with Crippen LogP contribution in [0.2, 0.25) is 0 Å². The van der Waals surface area contributed by atoms with Crippen LogP contribution in [0.15, 0.2) is 0 Å². The second-order valence-corrected chi connectivity index (χ2v) is 2.20. The van der Waals surface area contributed by atoms with Crippen molar-refractivity contribution in [2.24, 2.45) is 5.73 Å². The standard InChI is InChI=1S/C5H9NO3/c6-4(7)5(8)1-2-9-3-5/h8H,1-3H2,(H2,6,7). The highest BCUT2D eigenvalue weighted by Crippen LogP contribution is 2.16. The minimum Gasteiger partial charge on any atom is -0.378 e. The van der Waals surface area contributed by atoms with Gasteiger partial charge in [-0.05, 0) is 0 Å². The average Bonchev–Trinajstić information content (AvgIpc) is 2.16. The quantitative estimate of drug-likeness (QED) is 0.461. The smallest absolute Gasteiger partial charge is 0.251 e. The summed E-state index contributed by atoms with van der Waals surface area (Å²) in [5.74, 6) is -0.694. The van der Waals surface area contributed by atoms with Crippen LogP contribution < -0.4 is 5.73 Å². The molecule has 1 aliphatic rings. The van der Waals surface area contributed by atoms with E-state index < -0.39 is 11.5 Å². The van der Waals surface area contributed by atoms with E-state index in [2.05, 4.69) is 0 Å². The molecule has 1 unspecified atom stereocenters. The van der Waals surface area contributed by atoms with Gasteiger partial charge in [0.05, 0.1) is 13.2 Å². The van der Waals surface area contributed by atoms with E-state index in [9.17, 15) is 4.79 Å². The van der Waals surface area contributed by atoms with Crippen LogP contribution in [-0.4, -0.2) is 29.8 Å². The third kappa shape index (κ3) is 1.04. The number of carbonyl (C=O) groups excluding carboxylic acids is 1. The van der Waals surface area contributed by atoms with Crippen LogP contribution in [0.1, 0.15) is 6.42 Å². The summed E-state index contributed by atoms with van der Waals surface area (Å²) < 4.78 is 4.77. The van der Waals surface area contributed by atoms with Gasteiger partial charge in [0.15, 0.2) is 5.60 Å². The van der Waals surface area contributed by atoms with Gasteiger partial charge >= 0.3 is 0 Å². The van der Waals surface area contributed by atoms with Crippen molar-refractivity contribution in [2.75, 3.05) is 13.2 Å². The van der Waals surface area contributed by atoms with E-state index in [4.69, 9.17) is 15.6 Å². The lowest BCUT2D eigenvalue weighted by atomic mass is 10.0. The highest BCUT2D eigenvalue weighted by atomic mass is 16.5. The summed E-state index contributed by atoms with van der Waals surface area (Å²) in [6.45, 7) is 0.460. The number of amides is 1. The summed E-state index contributed by atoms with van der Waals surface area (Å²) in [6, 6.07) is 0. The molecule has 0 aromatic heterocycles. The van der Waals surface area contributed by atoms with E-state index in [1.165, 1.54) is 0 Å². The number of nitrogens with two attached hydrogens (primary N) is 1. The van der Waals surface area contributed by atoms with Gasteiger partial charge < -0.3 is 15.6 Å². The summed E-state index contributed by atoms with van der Waals surface area (Å²) >= 11 is 0. The SMILES string of the molecule is NC(=O)C1(O)CCOC1. The number of carbonyl (C=O) groups is 1. The summed E-state index contributed by atoms with van der Waals surface area (Å²) in [6.07, 6.45) is 0.322. The second-order valence-electron chi connectivity index (χ2n) is 2.20. The van der Waals surface area contributed by atoms with Gasteiger partial charge in [-0.2, -0.15) is 0 Å². The third-order valence-electron chi connectivity index (χ3n) is 1.46. The van der Waals surface area contributed by atoms with Crippen molar-refractivity contribution in [3.63, 3.8) is 0 Å². The Hall–Kier alpha value is -0.610. The first-order chi connectivity index (χ1) is 4.15.